The zero-order valence-electron chi connectivity index (χ0n) is 13.3. The molecule has 21 heavy (non-hydrogen) atoms. The highest BCUT2D eigenvalue weighted by molar-refractivity contribution is 5.24. The third-order valence-electron chi connectivity index (χ3n) is 4.78. The van der Waals surface area contributed by atoms with Gasteiger partial charge in [-0.2, -0.15) is 0 Å². The summed E-state index contributed by atoms with van der Waals surface area (Å²) >= 11 is 0. The van der Waals surface area contributed by atoms with Crippen LogP contribution in [-0.4, -0.2) is 29.6 Å². The summed E-state index contributed by atoms with van der Waals surface area (Å²) in [4.78, 5) is 2.37. The van der Waals surface area contributed by atoms with Crippen LogP contribution in [0.15, 0.2) is 18.2 Å². The van der Waals surface area contributed by atoms with Gasteiger partial charge >= 0.3 is 0 Å². The Morgan fingerprint density at radius 3 is 2.52 bits per heavy atom. The molecule has 1 aliphatic rings. The van der Waals surface area contributed by atoms with Crippen LogP contribution in [0.3, 0.4) is 0 Å². The van der Waals surface area contributed by atoms with E-state index in [4.69, 9.17) is 0 Å². The van der Waals surface area contributed by atoms with Gasteiger partial charge in [-0.25, -0.2) is 4.39 Å². The molecule has 1 aromatic carbocycles. The topological polar surface area (TPSA) is 23.5 Å². The van der Waals surface area contributed by atoms with Crippen LogP contribution in [0.1, 0.15) is 62.2 Å². The van der Waals surface area contributed by atoms with Crippen molar-refractivity contribution in [2.24, 2.45) is 0 Å². The lowest BCUT2D eigenvalue weighted by atomic mass is 10.0. The number of hydrogen-bond donors (Lipinski definition) is 1. The maximum atomic E-state index is 13.6. The van der Waals surface area contributed by atoms with Crippen LogP contribution in [0.4, 0.5) is 4.39 Å². The standard InChI is InChI=1S/C18H28FNO/c1-14-9-10-15(13-17(14)19)18(21)11-12-20(2)16-7-5-3-4-6-8-16/h9-10,13,16,18,21H,3-8,11-12H2,1-2H3. The lowest BCUT2D eigenvalue weighted by Crippen LogP contribution is -2.32. The van der Waals surface area contributed by atoms with Crippen LogP contribution in [0.2, 0.25) is 0 Å². The van der Waals surface area contributed by atoms with Gasteiger partial charge in [0.25, 0.3) is 0 Å². The van der Waals surface area contributed by atoms with Crippen LogP contribution in [0.25, 0.3) is 0 Å². The molecule has 0 bridgehead atoms. The van der Waals surface area contributed by atoms with Crippen LogP contribution in [0, 0.1) is 12.7 Å². The molecular weight excluding hydrogens is 265 g/mol. The number of benzene rings is 1. The second kappa shape index (κ2) is 7.90. The van der Waals surface area contributed by atoms with Crippen LogP contribution in [0.5, 0.6) is 0 Å². The van der Waals surface area contributed by atoms with E-state index in [0.29, 0.717) is 23.6 Å². The van der Waals surface area contributed by atoms with Gasteiger partial charge in [0.2, 0.25) is 0 Å². The zero-order chi connectivity index (χ0) is 15.2. The van der Waals surface area contributed by atoms with Crippen LogP contribution in [-0.2, 0) is 0 Å². The molecule has 0 amide bonds. The van der Waals surface area contributed by atoms with Gasteiger partial charge in [0.1, 0.15) is 5.82 Å². The molecule has 1 aromatic rings. The number of aliphatic hydroxyl groups is 1. The smallest absolute Gasteiger partial charge is 0.126 e. The average molecular weight is 293 g/mol. The molecule has 0 aliphatic heterocycles. The molecule has 0 saturated heterocycles. The molecule has 1 aliphatic carbocycles. The number of aryl methyl sites for hydroxylation is 1. The SMILES string of the molecule is Cc1ccc(C(O)CCN(C)C2CCCCCC2)cc1F. The lowest BCUT2D eigenvalue weighted by Gasteiger charge is -2.28. The molecule has 0 aromatic heterocycles. The molecule has 0 radical (unpaired) electrons. The minimum Gasteiger partial charge on any atom is -0.388 e. The van der Waals surface area contributed by atoms with Gasteiger partial charge < -0.3 is 10.0 Å². The van der Waals surface area contributed by atoms with Crippen molar-refractivity contribution in [3.05, 3.63) is 35.1 Å². The summed E-state index contributed by atoms with van der Waals surface area (Å²) in [7, 11) is 2.15. The molecular formula is C18H28FNO. The Balaban J connectivity index is 1.84. The minimum absolute atomic E-state index is 0.233. The van der Waals surface area contributed by atoms with Crippen molar-refractivity contribution >= 4 is 0 Å². The molecule has 1 atom stereocenters. The lowest BCUT2D eigenvalue weighted by molar-refractivity contribution is 0.132. The fourth-order valence-electron chi connectivity index (χ4n) is 3.19. The number of nitrogens with zero attached hydrogens (tertiary/aromatic N) is 1. The number of halogens is 1. The zero-order valence-corrected chi connectivity index (χ0v) is 13.3. The van der Waals surface area contributed by atoms with E-state index in [-0.39, 0.29) is 5.82 Å². The Labute approximate surface area is 128 Å². The molecule has 2 rings (SSSR count). The van der Waals surface area contributed by atoms with Crippen molar-refractivity contribution < 1.29 is 9.50 Å². The molecule has 0 heterocycles. The monoisotopic (exact) mass is 293 g/mol. The van der Waals surface area contributed by atoms with Crippen molar-refractivity contribution in [3.8, 4) is 0 Å². The van der Waals surface area contributed by atoms with Gasteiger partial charge in [-0.3, -0.25) is 0 Å². The van der Waals surface area contributed by atoms with Crippen molar-refractivity contribution in [2.45, 2.75) is 64.0 Å². The first kappa shape index (κ1) is 16.4. The summed E-state index contributed by atoms with van der Waals surface area (Å²) in [6.45, 7) is 2.60. The third kappa shape index (κ3) is 4.79. The first-order valence-corrected chi connectivity index (χ1v) is 8.22. The normalized spacial score (nSPS) is 18.7. The molecule has 0 spiro atoms. The number of hydrogen-bond acceptors (Lipinski definition) is 2. The second-order valence-electron chi connectivity index (χ2n) is 6.44. The van der Waals surface area contributed by atoms with Gasteiger partial charge in [-0.1, -0.05) is 37.8 Å². The maximum Gasteiger partial charge on any atom is 0.126 e. The summed E-state index contributed by atoms with van der Waals surface area (Å²) in [6, 6.07) is 5.68. The molecule has 1 N–H and O–H groups in total. The van der Waals surface area contributed by atoms with E-state index >= 15 is 0 Å². The van der Waals surface area contributed by atoms with E-state index in [2.05, 4.69) is 11.9 Å². The number of rotatable bonds is 5. The van der Waals surface area contributed by atoms with E-state index in [0.717, 1.165) is 6.54 Å². The molecule has 1 unspecified atom stereocenters. The van der Waals surface area contributed by atoms with E-state index in [1.165, 1.54) is 44.6 Å². The summed E-state index contributed by atoms with van der Waals surface area (Å²) in [6.07, 6.45) is 7.98. The Kier molecular flexibility index (Phi) is 6.19. The quantitative estimate of drug-likeness (QED) is 0.822. The van der Waals surface area contributed by atoms with Crippen molar-refractivity contribution in [2.75, 3.05) is 13.6 Å². The Morgan fingerprint density at radius 2 is 1.90 bits per heavy atom. The highest BCUT2D eigenvalue weighted by atomic mass is 19.1. The van der Waals surface area contributed by atoms with Crippen molar-refractivity contribution in [1.29, 1.82) is 0 Å². The highest BCUT2D eigenvalue weighted by Crippen LogP contribution is 2.23. The van der Waals surface area contributed by atoms with E-state index in [1.807, 2.05) is 6.07 Å². The summed E-state index contributed by atoms with van der Waals surface area (Å²) < 4.78 is 13.6. The van der Waals surface area contributed by atoms with E-state index in [1.54, 1.807) is 13.0 Å². The Morgan fingerprint density at radius 1 is 1.24 bits per heavy atom. The van der Waals surface area contributed by atoms with E-state index in [9.17, 15) is 9.50 Å². The third-order valence-corrected chi connectivity index (χ3v) is 4.78. The summed E-state index contributed by atoms with van der Waals surface area (Å²) in [5.41, 5.74) is 1.31. The molecule has 118 valence electrons. The van der Waals surface area contributed by atoms with Gasteiger partial charge in [-0.15, -0.1) is 0 Å². The maximum absolute atomic E-state index is 13.6. The molecule has 1 fully saturated rings. The predicted molar refractivity (Wildman–Crippen MR) is 84.8 cm³/mol. The van der Waals surface area contributed by atoms with Crippen molar-refractivity contribution in [1.82, 2.24) is 4.90 Å². The van der Waals surface area contributed by atoms with E-state index < -0.39 is 6.10 Å². The number of aliphatic hydroxyl groups excluding tert-OH is 1. The molecule has 2 nitrogen and oxygen atoms in total. The van der Waals surface area contributed by atoms with Crippen LogP contribution < -0.4 is 0 Å². The van der Waals surface area contributed by atoms with Crippen LogP contribution >= 0.6 is 0 Å². The largest absolute Gasteiger partial charge is 0.388 e. The average Bonchev–Trinajstić information content (AvgIpc) is 2.76. The predicted octanol–water partition coefficient (Wildman–Crippen LogP) is 4.21. The fraction of sp³-hybridized carbons (Fsp3) is 0.667. The fourth-order valence-corrected chi connectivity index (χ4v) is 3.19. The molecule has 1 saturated carbocycles. The highest BCUT2D eigenvalue weighted by Gasteiger charge is 2.18. The molecule has 3 heteroatoms. The first-order valence-electron chi connectivity index (χ1n) is 8.22. The van der Waals surface area contributed by atoms with Gasteiger partial charge in [0.05, 0.1) is 6.10 Å². The minimum atomic E-state index is -0.576. The first-order chi connectivity index (χ1) is 10.1. The second-order valence-corrected chi connectivity index (χ2v) is 6.44. The Hall–Kier alpha value is -0.930. The van der Waals surface area contributed by atoms with Gasteiger partial charge in [-0.05, 0) is 50.4 Å². The van der Waals surface area contributed by atoms with Gasteiger partial charge in [0, 0.05) is 12.6 Å². The van der Waals surface area contributed by atoms with Crippen molar-refractivity contribution in [3.63, 3.8) is 0 Å². The van der Waals surface area contributed by atoms with Gasteiger partial charge in [0.15, 0.2) is 0 Å². The Bertz CT molecular complexity index is 441. The summed E-state index contributed by atoms with van der Waals surface area (Å²) in [5, 5.41) is 10.2. The summed E-state index contributed by atoms with van der Waals surface area (Å²) in [5.74, 6) is -0.233.